The van der Waals surface area contributed by atoms with Crippen LogP contribution in [-0.4, -0.2) is 35.6 Å². The summed E-state index contributed by atoms with van der Waals surface area (Å²) in [6.07, 6.45) is -0.134. The Balaban J connectivity index is 2.63. The first-order chi connectivity index (χ1) is 9.31. The fourth-order valence-corrected chi connectivity index (χ4v) is 1.92. The van der Waals surface area contributed by atoms with Gasteiger partial charge in [0, 0.05) is 23.6 Å². The molecule has 0 aliphatic carbocycles. The minimum Gasteiger partial charge on any atom is -0.481 e. The van der Waals surface area contributed by atoms with E-state index in [1.807, 2.05) is 0 Å². The molecule has 2 N–H and O–H groups in total. The molecule has 0 aliphatic rings. The Kier molecular flexibility index (Phi) is 5.94. The average molecular weight is 347 g/mol. The van der Waals surface area contributed by atoms with Gasteiger partial charge in [-0.2, -0.15) is 0 Å². The second-order valence-electron chi connectivity index (χ2n) is 4.40. The van der Waals surface area contributed by atoms with E-state index in [9.17, 15) is 14.0 Å². The van der Waals surface area contributed by atoms with Gasteiger partial charge in [-0.3, -0.25) is 4.79 Å². The van der Waals surface area contributed by atoms with E-state index in [2.05, 4.69) is 21.2 Å². The highest BCUT2D eigenvalue weighted by Crippen LogP contribution is 2.20. The average Bonchev–Trinajstić information content (AvgIpc) is 2.35. The minimum absolute atomic E-state index is 0.0940. The first-order valence-electron chi connectivity index (χ1n) is 5.99. The SMILES string of the molecule is C[C@@H](NC(=O)N(C)CCC(=O)O)c1ccc(Br)cc1F. The number of aliphatic carboxylic acids is 1. The maximum atomic E-state index is 13.7. The van der Waals surface area contributed by atoms with Crippen molar-refractivity contribution in [3.05, 3.63) is 34.1 Å². The zero-order chi connectivity index (χ0) is 15.3. The highest BCUT2D eigenvalue weighted by Gasteiger charge is 2.16. The molecule has 1 rings (SSSR count). The maximum Gasteiger partial charge on any atom is 0.317 e. The molecule has 7 heteroatoms. The van der Waals surface area contributed by atoms with Gasteiger partial charge in [-0.15, -0.1) is 0 Å². The predicted molar refractivity (Wildman–Crippen MR) is 75.9 cm³/mol. The molecule has 0 aromatic heterocycles. The molecule has 5 nitrogen and oxygen atoms in total. The van der Waals surface area contributed by atoms with E-state index in [0.29, 0.717) is 10.0 Å². The topological polar surface area (TPSA) is 69.6 Å². The van der Waals surface area contributed by atoms with Crippen molar-refractivity contribution in [1.82, 2.24) is 10.2 Å². The summed E-state index contributed by atoms with van der Waals surface area (Å²) in [5.74, 6) is -1.39. The normalized spacial score (nSPS) is 11.8. The number of hydrogen-bond acceptors (Lipinski definition) is 2. The van der Waals surface area contributed by atoms with E-state index in [4.69, 9.17) is 5.11 Å². The standard InChI is InChI=1S/C13H16BrFN2O3/c1-8(10-4-3-9(14)7-11(10)15)16-13(20)17(2)6-5-12(18)19/h3-4,7-8H,5-6H2,1-2H3,(H,16,20)(H,18,19)/t8-/m1/s1. The van der Waals surface area contributed by atoms with Gasteiger partial charge < -0.3 is 15.3 Å². The number of benzene rings is 1. The summed E-state index contributed by atoms with van der Waals surface area (Å²) in [5, 5.41) is 11.2. The largest absolute Gasteiger partial charge is 0.481 e. The molecular formula is C13H16BrFN2O3. The van der Waals surface area contributed by atoms with Crippen molar-refractivity contribution < 1.29 is 19.1 Å². The summed E-state index contributed by atoms with van der Waals surface area (Å²) in [6.45, 7) is 1.76. The molecule has 1 aromatic carbocycles. The van der Waals surface area contributed by atoms with Crippen LogP contribution in [0.4, 0.5) is 9.18 Å². The van der Waals surface area contributed by atoms with Gasteiger partial charge in [0.1, 0.15) is 5.82 Å². The lowest BCUT2D eigenvalue weighted by Crippen LogP contribution is -2.39. The maximum absolute atomic E-state index is 13.7. The fourth-order valence-electron chi connectivity index (χ4n) is 1.59. The molecular weight excluding hydrogens is 331 g/mol. The van der Waals surface area contributed by atoms with Crippen LogP contribution in [0.3, 0.4) is 0 Å². The summed E-state index contributed by atoms with van der Waals surface area (Å²) in [6, 6.07) is 3.65. The molecule has 1 atom stereocenters. The number of nitrogens with one attached hydrogen (secondary N) is 1. The lowest BCUT2D eigenvalue weighted by Gasteiger charge is -2.21. The van der Waals surface area contributed by atoms with Crippen LogP contribution in [0.25, 0.3) is 0 Å². The van der Waals surface area contributed by atoms with Gasteiger partial charge in [-0.25, -0.2) is 9.18 Å². The summed E-state index contributed by atoms with van der Waals surface area (Å²) in [7, 11) is 1.49. The number of carboxylic acids is 1. The number of rotatable bonds is 5. The van der Waals surface area contributed by atoms with Crippen molar-refractivity contribution in [2.24, 2.45) is 0 Å². The van der Waals surface area contributed by atoms with E-state index in [-0.39, 0.29) is 13.0 Å². The van der Waals surface area contributed by atoms with Gasteiger partial charge in [0.15, 0.2) is 0 Å². The Morgan fingerprint density at radius 2 is 2.15 bits per heavy atom. The van der Waals surface area contributed by atoms with Crippen LogP contribution in [0.5, 0.6) is 0 Å². The number of nitrogens with zero attached hydrogens (tertiary/aromatic N) is 1. The van der Waals surface area contributed by atoms with Crippen molar-refractivity contribution in [3.63, 3.8) is 0 Å². The van der Waals surface area contributed by atoms with Crippen molar-refractivity contribution in [2.75, 3.05) is 13.6 Å². The number of carbonyl (C=O) groups excluding carboxylic acids is 1. The number of amides is 2. The van der Waals surface area contributed by atoms with Crippen molar-refractivity contribution in [3.8, 4) is 0 Å². The molecule has 110 valence electrons. The first kappa shape index (κ1) is 16.4. The molecule has 0 spiro atoms. The van der Waals surface area contributed by atoms with E-state index >= 15 is 0 Å². The van der Waals surface area contributed by atoms with Gasteiger partial charge in [-0.1, -0.05) is 22.0 Å². The van der Waals surface area contributed by atoms with Crippen LogP contribution in [0.1, 0.15) is 24.9 Å². The van der Waals surface area contributed by atoms with Crippen LogP contribution >= 0.6 is 15.9 Å². The zero-order valence-corrected chi connectivity index (χ0v) is 12.8. The lowest BCUT2D eigenvalue weighted by atomic mass is 10.1. The summed E-state index contributed by atoms with van der Waals surface area (Å²) in [5.41, 5.74) is 0.369. The summed E-state index contributed by atoms with van der Waals surface area (Å²) in [4.78, 5) is 23.5. The third kappa shape index (κ3) is 4.80. The van der Waals surface area contributed by atoms with Crippen LogP contribution in [0.2, 0.25) is 0 Å². The van der Waals surface area contributed by atoms with Gasteiger partial charge >= 0.3 is 12.0 Å². The second kappa shape index (κ2) is 7.23. The van der Waals surface area contributed by atoms with E-state index in [1.54, 1.807) is 19.1 Å². The Morgan fingerprint density at radius 1 is 1.50 bits per heavy atom. The number of hydrogen-bond donors (Lipinski definition) is 2. The fraction of sp³-hybridized carbons (Fsp3) is 0.385. The molecule has 0 radical (unpaired) electrons. The molecule has 2 amide bonds. The Morgan fingerprint density at radius 3 is 2.70 bits per heavy atom. The third-order valence-corrected chi connectivity index (χ3v) is 3.27. The summed E-state index contributed by atoms with van der Waals surface area (Å²) < 4.78 is 14.4. The molecule has 20 heavy (non-hydrogen) atoms. The van der Waals surface area contributed by atoms with Crippen LogP contribution in [0.15, 0.2) is 22.7 Å². The molecule has 1 aromatic rings. The first-order valence-corrected chi connectivity index (χ1v) is 6.79. The lowest BCUT2D eigenvalue weighted by molar-refractivity contribution is -0.137. The van der Waals surface area contributed by atoms with Gasteiger partial charge in [0.05, 0.1) is 12.5 Å². The van der Waals surface area contributed by atoms with Crippen molar-refractivity contribution >= 4 is 27.9 Å². The van der Waals surface area contributed by atoms with Crippen LogP contribution in [-0.2, 0) is 4.79 Å². The second-order valence-corrected chi connectivity index (χ2v) is 5.32. The quantitative estimate of drug-likeness (QED) is 0.861. The third-order valence-electron chi connectivity index (χ3n) is 2.78. The molecule has 0 unspecified atom stereocenters. The van der Waals surface area contributed by atoms with Crippen molar-refractivity contribution in [2.45, 2.75) is 19.4 Å². The van der Waals surface area contributed by atoms with E-state index < -0.39 is 23.9 Å². The van der Waals surface area contributed by atoms with Gasteiger partial charge in [0.25, 0.3) is 0 Å². The molecule has 0 saturated heterocycles. The van der Waals surface area contributed by atoms with Crippen molar-refractivity contribution in [1.29, 1.82) is 0 Å². The minimum atomic E-state index is -0.975. The van der Waals surface area contributed by atoms with E-state index in [1.165, 1.54) is 18.0 Å². The van der Waals surface area contributed by atoms with E-state index in [0.717, 1.165) is 0 Å². The highest BCUT2D eigenvalue weighted by molar-refractivity contribution is 9.10. The van der Waals surface area contributed by atoms with Crippen LogP contribution < -0.4 is 5.32 Å². The Hall–Kier alpha value is -1.63. The zero-order valence-electron chi connectivity index (χ0n) is 11.2. The number of carbonyl (C=O) groups is 2. The predicted octanol–water partition coefficient (Wildman–Crippen LogP) is 2.77. The molecule has 0 bridgehead atoms. The Bertz CT molecular complexity index is 510. The number of halogens is 2. The highest BCUT2D eigenvalue weighted by atomic mass is 79.9. The molecule has 0 fully saturated rings. The molecule has 0 saturated carbocycles. The van der Waals surface area contributed by atoms with Crippen LogP contribution in [0, 0.1) is 5.82 Å². The Labute approximate surface area is 124 Å². The number of carboxylic acid groups (broad SMARTS) is 1. The van der Waals surface area contributed by atoms with Gasteiger partial charge in [-0.05, 0) is 19.1 Å². The smallest absolute Gasteiger partial charge is 0.317 e. The number of urea groups is 1. The monoisotopic (exact) mass is 346 g/mol. The van der Waals surface area contributed by atoms with Gasteiger partial charge in [0.2, 0.25) is 0 Å². The summed E-state index contributed by atoms with van der Waals surface area (Å²) >= 11 is 3.16. The molecule has 0 heterocycles. The molecule has 0 aliphatic heterocycles.